The van der Waals surface area contributed by atoms with Gasteiger partial charge in [-0.3, -0.25) is 19.5 Å². The zero-order valence-electron chi connectivity index (χ0n) is 17.3. The highest BCUT2D eigenvalue weighted by Gasteiger charge is 2.43. The largest absolute Gasteiger partial charge is 0.422 e. The minimum atomic E-state index is -0.858. The fourth-order valence-corrected chi connectivity index (χ4v) is 4.05. The van der Waals surface area contributed by atoms with Crippen LogP contribution in [0.25, 0.3) is 17.1 Å². The maximum absolute atomic E-state index is 13.2. The van der Waals surface area contributed by atoms with Gasteiger partial charge in [0.25, 0.3) is 5.56 Å². The molecule has 0 spiro atoms. The Morgan fingerprint density at radius 1 is 1.03 bits per heavy atom. The molecule has 1 aliphatic rings. The molecule has 3 heterocycles. The van der Waals surface area contributed by atoms with Crippen LogP contribution in [0.4, 0.5) is 5.69 Å². The lowest BCUT2D eigenvalue weighted by Crippen LogP contribution is -2.31. The second kappa shape index (κ2) is 6.80. The van der Waals surface area contributed by atoms with Gasteiger partial charge in [-0.25, -0.2) is 4.90 Å². The summed E-state index contributed by atoms with van der Waals surface area (Å²) in [5, 5.41) is 2.94. The molecule has 156 valence electrons. The average Bonchev–Trinajstić information content (AvgIpc) is 3.37. The van der Waals surface area contributed by atoms with Crippen molar-refractivity contribution in [2.24, 2.45) is 0 Å². The predicted molar refractivity (Wildman–Crippen MR) is 114 cm³/mol. The second-order valence-corrected chi connectivity index (χ2v) is 7.85. The summed E-state index contributed by atoms with van der Waals surface area (Å²) in [4.78, 5) is 44.7. The van der Waals surface area contributed by atoms with E-state index < -0.39 is 17.4 Å². The minimum absolute atomic E-state index is 0.0623. The van der Waals surface area contributed by atoms with Gasteiger partial charge in [-0.15, -0.1) is 0 Å². The highest BCUT2D eigenvalue weighted by atomic mass is 16.4. The first-order chi connectivity index (χ1) is 14.8. The van der Waals surface area contributed by atoms with Crippen LogP contribution in [0.15, 0.2) is 51.7 Å². The number of amides is 2. The number of nitrogens with one attached hydrogen (secondary N) is 1. The SMILES string of the molecule is Cc1ccc(N2C(=O)C[C@@H](c3c(C)[nH]n(-c4nc5ccccc5o4)c3=O)C2=O)cc1C. The number of carbonyl (C=O) groups is 2. The van der Waals surface area contributed by atoms with Gasteiger partial charge >= 0.3 is 6.01 Å². The molecule has 0 bridgehead atoms. The third-order valence-electron chi connectivity index (χ3n) is 5.83. The highest BCUT2D eigenvalue weighted by Crippen LogP contribution is 2.34. The molecule has 0 radical (unpaired) electrons. The van der Waals surface area contributed by atoms with Gasteiger partial charge in [-0.05, 0) is 56.2 Å². The van der Waals surface area contributed by atoms with Crippen molar-refractivity contribution < 1.29 is 14.0 Å². The van der Waals surface area contributed by atoms with Crippen LogP contribution in [-0.4, -0.2) is 26.6 Å². The number of anilines is 1. The zero-order valence-corrected chi connectivity index (χ0v) is 17.3. The van der Waals surface area contributed by atoms with Crippen LogP contribution in [0.5, 0.6) is 0 Å². The van der Waals surface area contributed by atoms with E-state index >= 15 is 0 Å². The lowest BCUT2D eigenvalue weighted by molar-refractivity contribution is -0.121. The molecule has 2 amide bonds. The normalized spacial score (nSPS) is 16.6. The number of H-pyrrole nitrogens is 1. The number of aryl methyl sites for hydroxylation is 3. The topological polar surface area (TPSA) is 101 Å². The Kier molecular flexibility index (Phi) is 4.18. The van der Waals surface area contributed by atoms with Crippen molar-refractivity contribution >= 4 is 28.6 Å². The first-order valence-electron chi connectivity index (χ1n) is 9.96. The number of oxazole rings is 1. The van der Waals surface area contributed by atoms with Crippen LogP contribution in [-0.2, 0) is 9.59 Å². The van der Waals surface area contributed by atoms with Crippen molar-refractivity contribution in [3.8, 4) is 6.01 Å². The van der Waals surface area contributed by atoms with E-state index in [1.54, 1.807) is 25.1 Å². The summed E-state index contributed by atoms with van der Waals surface area (Å²) in [5.74, 6) is -1.59. The lowest BCUT2D eigenvalue weighted by atomic mass is 9.98. The van der Waals surface area contributed by atoms with Crippen molar-refractivity contribution in [1.29, 1.82) is 0 Å². The summed E-state index contributed by atoms with van der Waals surface area (Å²) in [6.45, 7) is 5.59. The molecule has 0 unspecified atom stereocenters. The standard InChI is InChI=1S/C23H20N4O4/c1-12-8-9-15(10-13(12)2)26-19(28)11-16(21(26)29)20-14(3)25-27(22(20)30)23-24-17-6-4-5-7-18(17)31-23/h4-10,16,25H,11H2,1-3H3/t16-/m0/s1. The first-order valence-corrected chi connectivity index (χ1v) is 9.96. The molecule has 5 rings (SSSR count). The van der Waals surface area contributed by atoms with Crippen LogP contribution in [0.3, 0.4) is 0 Å². The Morgan fingerprint density at radius 2 is 1.81 bits per heavy atom. The molecule has 1 saturated heterocycles. The predicted octanol–water partition coefficient (Wildman–Crippen LogP) is 3.28. The average molecular weight is 416 g/mol. The van der Waals surface area contributed by atoms with Crippen LogP contribution in [0.2, 0.25) is 0 Å². The summed E-state index contributed by atoms with van der Waals surface area (Å²) in [6, 6.07) is 12.7. The van der Waals surface area contributed by atoms with Crippen LogP contribution < -0.4 is 10.5 Å². The van der Waals surface area contributed by atoms with Gasteiger partial charge in [0.05, 0.1) is 17.2 Å². The van der Waals surface area contributed by atoms with E-state index in [1.807, 2.05) is 38.1 Å². The van der Waals surface area contributed by atoms with Crippen molar-refractivity contribution in [2.45, 2.75) is 33.1 Å². The Bertz CT molecular complexity index is 1390. The number of aromatic amines is 1. The third kappa shape index (κ3) is 2.91. The summed E-state index contributed by atoms with van der Waals surface area (Å²) >= 11 is 0. The number of hydrogen-bond donors (Lipinski definition) is 1. The molecule has 8 heteroatoms. The molecule has 1 fully saturated rings. The molecular formula is C23H20N4O4. The molecule has 4 aromatic rings. The van der Waals surface area contributed by atoms with Crippen molar-refractivity contribution in [2.75, 3.05) is 4.90 Å². The number of hydrogen-bond acceptors (Lipinski definition) is 5. The van der Waals surface area contributed by atoms with Gasteiger partial charge in [-0.2, -0.15) is 9.67 Å². The first kappa shape index (κ1) is 19.0. The Labute approximate surface area is 177 Å². The quantitative estimate of drug-likeness (QED) is 0.517. The Balaban J connectivity index is 1.55. The molecule has 1 atom stereocenters. The number of rotatable bonds is 3. The van der Waals surface area contributed by atoms with Gasteiger partial charge in [0, 0.05) is 12.1 Å². The number of nitrogens with zero attached hydrogens (tertiary/aromatic N) is 3. The Morgan fingerprint density at radius 3 is 2.55 bits per heavy atom. The van der Waals surface area contributed by atoms with E-state index in [9.17, 15) is 14.4 Å². The third-order valence-corrected chi connectivity index (χ3v) is 5.83. The van der Waals surface area contributed by atoms with Gasteiger partial charge in [0.15, 0.2) is 5.58 Å². The van der Waals surface area contributed by atoms with E-state index in [-0.39, 0.29) is 23.9 Å². The maximum atomic E-state index is 13.2. The fraction of sp³-hybridized carbons (Fsp3) is 0.217. The zero-order chi connectivity index (χ0) is 21.9. The molecule has 0 saturated carbocycles. The van der Waals surface area contributed by atoms with Crippen molar-refractivity contribution in [1.82, 2.24) is 14.8 Å². The molecule has 2 aromatic heterocycles. The highest BCUT2D eigenvalue weighted by molar-refractivity contribution is 6.22. The van der Waals surface area contributed by atoms with E-state index in [2.05, 4.69) is 10.1 Å². The molecular weight excluding hydrogens is 396 g/mol. The number of para-hydroxylation sites is 2. The monoisotopic (exact) mass is 416 g/mol. The number of aromatic nitrogens is 3. The Hall–Kier alpha value is -3.94. The molecule has 8 nitrogen and oxygen atoms in total. The minimum Gasteiger partial charge on any atom is -0.422 e. The molecule has 1 aliphatic heterocycles. The van der Waals surface area contributed by atoms with Gasteiger partial charge < -0.3 is 4.42 Å². The number of benzene rings is 2. The summed E-state index contributed by atoms with van der Waals surface area (Å²) < 4.78 is 6.87. The summed E-state index contributed by atoms with van der Waals surface area (Å²) in [7, 11) is 0. The van der Waals surface area contributed by atoms with Crippen LogP contribution in [0, 0.1) is 20.8 Å². The summed E-state index contributed by atoms with van der Waals surface area (Å²) in [6.07, 6.45) is -0.0623. The van der Waals surface area contributed by atoms with E-state index in [1.165, 1.54) is 9.58 Å². The fourth-order valence-electron chi connectivity index (χ4n) is 4.05. The van der Waals surface area contributed by atoms with E-state index in [0.717, 1.165) is 11.1 Å². The van der Waals surface area contributed by atoms with Gasteiger partial charge in [0.1, 0.15) is 5.52 Å². The molecule has 2 aromatic carbocycles. The smallest absolute Gasteiger partial charge is 0.325 e. The van der Waals surface area contributed by atoms with Crippen molar-refractivity contribution in [3.05, 3.63) is 75.2 Å². The van der Waals surface area contributed by atoms with E-state index in [0.29, 0.717) is 22.5 Å². The van der Waals surface area contributed by atoms with Gasteiger partial charge in [-0.1, -0.05) is 18.2 Å². The molecule has 1 N–H and O–H groups in total. The van der Waals surface area contributed by atoms with Crippen molar-refractivity contribution in [3.63, 3.8) is 0 Å². The van der Waals surface area contributed by atoms with E-state index in [4.69, 9.17) is 4.42 Å². The molecule has 0 aliphatic carbocycles. The van der Waals surface area contributed by atoms with Crippen LogP contribution >= 0.6 is 0 Å². The number of imide groups is 1. The second-order valence-electron chi connectivity index (χ2n) is 7.85. The lowest BCUT2D eigenvalue weighted by Gasteiger charge is -2.16. The number of carbonyl (C=O) groups excluding carboxylic acids is 2. The maximum Gasteiger partial charge on any atom is 0.325 e. The van der Waals surface area contributed by atoms with Crippen LogP contribution in [0.1, 0.15) is 34.7 Å². The molecule has 31 heavy (non-hydrogen) atoms. The summed E-state index contributed by atoms with van der Waals surface area (Å²) in [5.41, 5.74) is 4.05. The van der Waals surface area contributed by atoms with Gasteiger partial charge in [0.2, 0.25) is 11.8 Å². The number of fused-ring (bicyclic) bond motifs is 1.